The molecule has 1 N–H and O–H groups in total. The molecule has 0 fully saturated rings. The van der Waals surface area contributed by atoms with Gasteiger partial charge in [-0.05, 0) is 42.6 Å². The largest absolute Gasteiger partial charge is 0.467 e. The number of furan rings is 1. The molecule has 2 aromatic heterocycles. The summed E-state index contributed by atoms with van der Waals surface area (Å²) in [5.41, 5.74) is 1.25. The highest BCUT2D eigenvalue weighted by atomic mass is 32.2. The number of amides is 2. The van der Waals surface area contributed by atoms with Gasteiger partial charge in [0.05, 0.1) is 19.4 Å². The third kappa shape index (κ3) is 5.68. The van der Waals surface area contributed by atoms with E-state index in [1.165, 1.54) is 10.5 Å². The maximum atomic E-state index is 12.6. The minimum atomic E-state index is -0.0701. The number of thiophene rings is 1. The maximum absolute atomic E-state index is 12.6. The molecule has 0 aliphatic carbocycles. The molecule has 0 aliphatic heterocycles. The van der Waals surface area contributed by atoms with Gasteiger partial charge >= 0.3 is 6.03 Å². The number of rotatable bonds is 8. The van der Waals surface area contributed by atoms with E-state index < -0.39 is 0 Å². The number of benzene rings is 1. The quantitative estimate of drug-likeness (QED) is 0.430. The molecule has 0 saturated carbocycles. The molecular weight excluding hydrogens is 364 g/mol. The second-order valence-corrected chi connectivity index (χ2v) is 8.11. The van der Waals surface area contributed by atoms with E-state index in [9.17, 15) is 4.79 Å². The average molecular weight is 387 g/mol. The summed E-state index contributed by atoms with van der Waals surface area (Å²) in [4.78, 5) is 16.8. The van der Waals surface area contributed by atoms with Crippen LogP contribution in [0.25, 0.3) is 0 Å². The summed E-state index contributed by atoms with van der Waals surface area (Å²) in [7, 11) is 0. The van der Waals surface area contributed by atoms with Gasteiger partial charge in [0.25, 0.3) is 0 Å². The third-order valence-corrected chi connectivity index (χ3v) is 5.68. The smallest absolute Gasteiger partial charge is 0.318 e. The molecule has 136 valence electrons. The van der Waals surface area contributed by atoms with Crippen LogP contribution in [0.4, 0.5) is 4.79 Å². The van der Waals surface area contributed by atoms with E-state index in [1.54, 1.807) is 34.3 Å². The van der Waals surface area contributed by atoms with E-state index in [2.05, 4.69) is 36.5 Å². The van der Waals surface area contributed by atoms with E-state index >= 15 is 0 Å². The number of carbonyl (C=O) groups is 1. The van der Waals surface area contributed by atoms with Gasteiger partial charge in [-0.1, -0.05) is 23.8 Å². The van der Waals surface area contributed by atoms with Crippen LogP contribution in [0.15, 0.2) is 69.5 Å². The Balaban J connectivity index is 1.50. The first-order chi connectivity index (χ1) is 12.7. The topological polar surface area (TPSA) is 45.5 Å². The van der Waals surface area contributed by atoms with Crippen molar-refractivity contribution < 1.29 is 9.21 Å². The number of hydrogen-bond donors (Lipinski definition) is 1. The molecule has 2 amide bonds. The Morgan fingerprint density at radius 1 is 1.15 bits per heavy atom. The van der Waals surface area contributed by atoms with Crippen molar-refractivity contribution >= 4 is 29.1 Å². The lowest BCUT2D eigenvalue weighted by molar-refractivity contribution is 0.188. The van der Waals surface area contributed by atoms with Gasteiger partial charge in [-0.2, -0.15) is 0 Å². The van der Waals surface area contributed by atoms with Crippen molar-refractivity contribution in [1.82, 2.24) is 10.2 Å². The molecule has 0 atom stereocenters. The second-order valence-electron chi connectivity index (χ2n) is 5.91. The lowest BCUT2D eigenvalue weighted by atomic mass is 10.2. The summed E-state index contributed by atoms with van der Waals surface area (Å²) in [5, 5.41) is 5.04. The highest BCUT2D eigenvalue weighted by molar-refractivity contribution is 7.99. The summed E-state index contributed by atoms with van der Waals surface area (Å²) >= 11 is 3.40. The summed E-state index contributed by atoms with van der Waals surface area (Å²) in [6.45, 7) is 3.74. The van der Waals surface area contributed by atoms with Gasteiger partial charge in [-0.25, -0.2) is 4.79 Å². The zero-order valence-corrected chi connectivity index (χ0v) is 16.3. The first-order valence-electron chi connectivity index (χ1n) is 8.48. The monoisotopic (exact) mass is 386 g/mol. The summed E-state index contributed by atoms with van der Waals surface area (Å²) in [6, 6.07) is 16.1. The number of nitrogens with zero attached hydrogens (tertiary/aromatic N) is 1. The number of carbonyl (C=O) groups excluding carboxylic acids is 1. The minimum Gasteiger partial charge on any atom is -0.467 e. The molecule has 0 spiro atoms. The first kappa shape index (κ1) is 18.6. The summed E-state index contributed by atoms with van der Waals surface area (Å²) in [5.74, 6) is 1.62. The molecule has 3 rings (SSSR count). The fraction of sp³-hybridized carbons (Fsp3) is 0.250. The van der Waals surface area contributed by atoms with E-state index in [0.29, 0.717) is 19.6 Å². The van der Waals surface area contributed by atoms with Crippen LogP contribution >= 0.6 is 23.1 Å². The lowest BCUT2D eigenvalue weighted by Crippen LogP contribution is -2.39. The normalized spacial score (nSPS) is 10.7. The molecule has 0 radical (unpaired) electrons. The third-order valence-electron chi connectivity index (χ3n) is 3.81. The number of hydrogen-bond acceptors (Lipinski definition) is 4. The molecule has 1 aromatic carbocycles. The Bertz CT molecular complexity index is 748. The molecular formula is C20H22N2O2S2. The van der Waals surface area contributed by atoms with Gasteiger partial charge in [0, 0.05) is 22.1 Å². The van der Waals surface area contributed by atoms with Crippen LogP contribution in [0, 0.1) is 6.92 Å². The van der Waals surface area contributed by atoms with Crippen LogP contribution in [-0.4, -0.2) is 23.2 Å². The zero-order valence-electron chi connectivity index (χ0n) is 14.7. The number of nitrogens with one attached hydrogen (secondary N) is 1. The highest BCUT2D eigenvalue weighted by Gasteiger charge is 2.16. The fourth-order valence-electron chi connectivity index (χ4n) is 2.45. The molecule has 4 nitrogen and oxygen atoms in total. The second kappa shape index (κ2) is 9.50. The molecule has 2 heterocycles. The number of aryl methyl sites for hydroxylation is 1. The van der Waals surface area contributed by atoms with Gasteiger partial charge in [0.15, 0.2) is 0 Å². The Hall–Kier alpha value is -2.18. The SMILES string of the molecule is Cc1ccc(SCCNC(=O)N(Cc2ccco2)Cc2cccs2)cc1. The zero-order chi connectivity index (χ0) is 18.2. The van der Waals surface area contributed by atoms with Crippen LogP contribution in [0.1, 0.15) is 16.2 Å². The van der Waals surface area contributed by atoms with Gasteiger partial charge in [0.2, 0.25) is 0 Å². The molecule has 0 aliphatic rings. The van der Waals surface area contributed by atoms with Crippen molar-refractivity contribution in [1.29, 1.82) is 0 Å². The lowest BCUT2D eigenvalue weighted by Gasteiger charge is -2.21. The van der Waals surface area contributed by atoms with Crippen LogP contribution in [-0.2, 0) is 13.1 Å². The summed E-state index contributed by atoms with van der Waals surface area (Å²) < 4.78 is 5.40. The number of thioether (sulfide) groups is 1. The predicted octanol–water partition coefficient (Wildman–Crippen LogP) is 5.15. The van der Waals surface area contributed by atoms with Gasteiger partial charge in [-0.15, -0.1) is 23.1 Å². The van der Waals surface area contributed by atoms with Crippen molar-refractivity contribution in [2.75, 3.05) is 12.3 Å². The standard InChI is InChI=1S/C20H22N2O2S2/c1-16-6-8-18(9-7-16)26-13-10-21-20(23)22(14-17-4-2-11-24-17)15-19-5-3-12-25-19/h2-9,11-12H,10,13-15H2,1H3,(H,21,23). The molecule has 0 unspecified atom stereocenters. The Labute approximate surface area is 162 Å². The van der Waals surface area contributed by atoms with E-state index in [-0.39, 0.29) is 6.03 Å². The Morgan fingerprint density at radius 2 is 2.00 bits per heavy atom. The molecule has 3 aromatic rings. The van der Waals surface area contributed by atoms with Gasteiger partial charge in [-0.3, -0.25) is 0 Å². The van der Waals surface area contributed by atoms with Crippen molar-refractivity contribution in [3.05, 3.63) is 76.4 Å². The van der Waals surface area contributed by atoms with E-state index in [0.717, 1.165) is 16.4 Å². The number of urea groups is 1. The van der Waals surface area contributed by atoms with Gasteiger partial charge < -0.3 is 14.6 Å². The van der Waals surface area contributed by atoms with Crippen molar-refractivity contribution in [3.8, 4) is 0 Å². The van der Waals surface area contributed by atoms with E-state index in [1.807, 2.05) is 29.6 Å². The fourth-order valence-corrected chi connectivity index (χ4v) is 3.94. The van der Waals surface area contributed by atoms with Gasteiger partial charge in [0.1, 0.15) is 5.76 Å². The Morgan fingerprint density at radius 3 is 2.69 bits per heavy atom. The van der Waals surface area contributed by atoms with E-state index in [4.69, 9.17) is 4.42 Å². The predicted molar refractivity (Wildman–Crippen MR) is 108 cm³/mol. The molecule has 26 heavy (non-hydrogen) atoms. The molecule has 0 bridgehead atoms. The first-order valence-corrected chi connectivity index (χ1v) is 10.3. The maximum Gasteiger partial charge on any atom is 0.318 e. The summed E-state index contributed by atoms with van der Waals surface area (Å²) in [6.07, 6.45) is 1.63. The highest BCUT2D eigenvalue weighted by Crippen LogP contribution is 2.18. The van der Waals surface area contributed by atoms with Crippen molar-refractivity contribution in [2.24, 2.45) is 0 Å². The molecule has 6 heteroatoms. The van der Waals surface area contributed by atoms with Crippen molar-refractivity contribution in [2.45, 2.75) is 24.9 Å². The average Bonchev–Trinajstić information content (AvgIpc) is 3.33. The van der Waals surface area contributed by atoms with Crippen LogP contribution < -0.4 is 5.32 Å². The van der Waals surface area contributed by atoms with Crippen molar-refractivity contribution in [3.63, 3.8) is 0 Å². The molecule has 0 saturated heterocycles. The Kier molecular flexibility index (Phi) is 6.80. The van der Waals surface area contributed by atoms with Crippen LogP contribution in [0.5, 0.6) is 0 Å². The van der Waals surface area contributed by atoms with Crippen LogP contribution in [0.3, 0.4) is 0 Å². The minimum absolute atomic E-state index is 0.0701. The van der Waals surface area contributed by atoms with Crippen LogP contribution in [0.2, 0.25) is 0 Å².